The Bertz CT molecular complexity index is 326. The van der Waals surface area contributed by atoms with E-state index in [1.54, 1.807) is 16.2 Å². The quantitative estimate of drug-likeness (QED) is 0.507. The summed E-state index contributed by atoms with van der Waals surface area (Å²) in [4.78, 5) is 11.6. The molecule has 4 nitrogen and oxygen atoms in total. The summed E-state index contributed by atoms with van der Waals surface area (Å²) in [5.74, 6) is 0.538. The molecule has 0 radical (unpaired) electrons. The van der Waals surface area contributed by atoms with Crippen LogP contribution < -0.4 is 5.73 Å². The lowest BCUT2D eigenvalue weighted by Gasteiger charge is -2.09. The number of nitrogens with zero attached hydrogens (tertiary/aromatic N) is 3. The highest BCUT2D eigenvalue weighted by molar-refractivity contribution is 14.0. The largest absolute Gasteiger partial charge is 0.370 e. The van der Waals surface area contributed by atoms with E-state index in [1.807, 2.05) is 21.0 Å². The van der Waals surface area contributed by atoms with Crippen molar-refractivity contribution < 1.29 is 0 Å². The molecule has 6 heteroatoms. The Morgan fingerprint density at radius 1 is 1.47 bits per heavy atom. The van der Waals surface area contributed by atoms with Crippen molar-refractivity contribution in [2.24, 2.45) is 10.7 Å². The molecule has 0 amide bonds. The third-order valence-corrected chi connectivity index (χ3v) is 2.96. The number of hydrogen-bond donors (Lipinski definition) is 1. The van der Waals surface area contributed by atoms with Crippen LogP contribution >= 0.6 is 35.3 Å². The number of aromatic nitrogens is 1. The third-order valence-electron chi connectivity index (χ3n) is 1.91. The van der Waals surface area contributed by atoms with Crippen molar-refractivity contribution in [3.05, 3.63) is 15.6 Å². The lowest BCUT2D eigenvalue weighted by molar-refractivity contribution is 0.609. The summed E-state index contributed by atoms with van der Waals surface area (Å²) < 4.78 is 0. The van der Waals surface area contributed by atoms with Gasteiger partial charge in [0.2, 0.25) is 0 Å². The first-order chi connectivity index (χ1) is 6.50. The fourth-order valence-electron chi connectivity index (χ4n) is 0.897. The summed E-state index contributed by atoms with van der Waals surface area (Å²) in [5, 5.41) is 1.02. The molecule has 0 aliphatic heterocycles. The van der Waals surface area contributed by atoms with Gasteiger partial charge in [-0.1, -0.05) is 0 Å². The minimum Gasteiger partial charge on any atom is -0.370 e. The Labute approximate surface area is 112 Å². The van der Waals surface area contributed by atoms with E-state index < -0.39 is 0 Å². The molecule has 86 valence electrons. The third kappa shape index (κ3) is 4.33. The summed E-state index contributed by atoms with van der Waals surface area (Å²) >= 11 is 1.68. The van der Waals surface area contributed by atoms with E-state index in [9.17, 15) is 0 Å². The zero-order valence-corrected chi connectivity index (χ0v) is 12.6. The number of hydrogen-bond acceptors (Lipinski definition) is 3. The number of rotatable bonds is 2. The van der Waals surface area contributed by atoms with Gasteiger partial charge in [0.15, 0.2) is 5.96 Å². The second kappa shape index (κ2) is 6.26. The minimum atomic E-state index is 0. The van der Waals surface area contributed by atoms with E-state index in [0.29, 0.717) is 12.5 Å². The highest BCUT2D eigenvalue weighted by atomic mass is 127. The minimum absolute atomic E-state index is 0. The summed E-state index contributed by atoms with van der Waals surface area (Å²) in [6.07, 6.45) is 0. The Hall–Kier alpha value is -0.370. The lowest BCUT2D eigenvalue weighted by atomic mass is 10.4. The molecule has 1 aromatic rings. The van der Waals surface area contributed by atoms with Gasteiger partial charge in [0.1, 0.15) is 5.01 Å². The second-order valence-electron chi connectivity index (χ2n) is 3.32. The molecule has 1 heterocycles. The second-order valence-corrected chi connectivity index (χ2v) is 4.61. The van der Waals surface area contributed by atoms with Gasteiger partial charge in [-0.2, -0.15) is 0 Å². The molecule has 0 aliphatic carbocycles. The Kier molecular flexibility index (Phi) is 6.11. The summed E-state index contributed by atoms with van der Waals surface area (Å²) in [5.41, 5.74) is 6.75. The van der Waals surface area contributed by atoms with Gasteiger partial charge in [0.05, 0.1) is 12.2 Å². The normalized spacial score (nSPS) is 11.1. The highest BCUT2D eigenvalue weighted by Gasteiger charge is 2.02. The van der Waals surface area contributed by atoms with Crippen LogP contribution in [0, 0.1) is 13.8 Å². The van der Waals surface area contributed by atoms with Gasteiger partial charge in [-0.05, 0) is 13.8 Å². The van der Waals surface area contributed by atoms with Gasteiger partial charge in [-0.25, -0.2) is 9.98 Å². The number of aliphatic imine (C=N–C) groups is 1. The highest BCUT2D eigenvalue weighted by Crippen LogP contribution is 2.16. The molecule has 1 rings (SSSR count). The van der Waals surface area contributed by atoms with Crippen molar-refractivity contribution in [2.75, 3.05) is 14.1 Å². The van der Waals surface area contributed by atoms with Crippen LogP contribution in [0.5, 0.6) is 0 Å². The number of thiazole rings is 1. The smallest absolute Gasteiger partial charge is 0.191 e. The summed E-state index contributed by atoms with van der Waals surface area (Å²) in [6.45, 7) is 4.65. The Balaban J connectivity index is 0.00000196. The first-order valence-corrected chi connectivity index (χ1v) is 5.22. The topological polar surface area (TPSA) is 54.5 Å². The molecule has 0 spiro atoms. The monoisotopic (exact) mass is 340 g/mol. The van der Waals surface area contributed by atoms with Crippen LogP contribution in [-0.2, 0) is 6.54 Å². The molecule has 0 fully saturated rings. The van der Waals surface area contributed by atoms with Crippen LogP contribution in [0.15, 0.2) is 4.99 Å². The first kappa shape index (κ1) is 14.6. The zero-order chi connectivity index (χ0) is 10.7. The van der Waals surface area contributed by atoms with Crippen LogP contribution in [0.3, 0.4) is 0 Å². The Morgan fingerprint density at radius 3 is 2.47 bits per heavy atom. The van der Waals surface area contributed by atoms with Gasteiger partial charge < -0.3 is 10.6 Å². The molecule has 0 unspecified atom stereocenters. The van der Waals surface area contributed by atoms with Crippen LogP contribution in [0.2, 0.25) is 0 Å². The zero-order valence-electron chi connectivity index (χ0n) is 9.44. The molecule has 0 aromatic carbocycles. The van der Waals surface area contributed by atoms with Crippen molar-refractivity contribution in [1.82, 2.24) is 9.88 Å². The molecule has 2 N–H and O–H groups in total. The predicted molar refractivity (Wildman–Crippen MR) is 76.0 cm³/mol. The number of aryl methyl sites for hydroxylation is 2. The molecular formula is C9H17IN4S. The van der Waals surface area contributed by atoms with E-state index >= 15 is 0 Å². The van der Waals surface area contributed by atoms with E-state index in [-0.39, 0.29) is 24.0 Å². The van der Waals surface area contributed by atoms with Crippen LogP contribution in [0.1, 0.15) is 15.6 Å². The molecule has 0 saturated carbocycles. The fourth-order valence-corrected chi connectivity index (χ4v) is 1.76. The Morgan fingerprint density at radius 2 is 2.07 bits per heavy atom. The maximum Gasteiger partial charge on any atom is 0.191 e. The van der Waals surface area contributed by atoms with E-state index in [0.717, 1.165) is 10.7 Å². The number of guanidine groups is 1. The van der Waals surface area contributed by atoms with Crippen molar-refractivity contribution >= 4 is 41.3 Å². The maximum absolute atomic E-state index is 5.66. The van der Waals surface area contributed by atoms with Crippen molar-refractivity contribution in [2.45, 2.75) is 20.4 Å². The molecule has 0 aliphatic rings. The van der Waals surface area contributed by atoms with Crippen LogP contribution in [0.25, 0.3) is 0 Å². The fraction of sp³-hybridized carbons (Fsp3) is 0.556. The van der Waals surface area contributed by atoms with Gasteiger partial charge in [0, 0.05) is 19.0 Å². The summed E-state index contributed by atoms with van der Waals surface area (Å²) in [7, 11) is 3.74. The van der Waals surface area contributed by atoms with Crippen LogP contribution in [0.4, 0.5) is 0 Å². The SMILES string of the molecule is Cc1nc(CN=C(N)N(C)C)sc1C.I. The molecular weight excluding hydrogens is 323 g/mol. The van der Waals surface area contributed by atoms with Gasteiger partial charge in [-0.15, -0.1) is 35.3 Å². The van der Waals surface area contributed by atoms with Gasteiger partial charge in [-0.3, -0.25) is 0 Å². The maximum atomic E-state index is 5.66. The number of nitrogens with two attached hydrogens (primary N) is 1. The van der Waals surface area contributed by atoms with E-state index in [4.69, 9.17) is 5.73 Å². The molecule has 0 bridgehead atoms. The lowest BCUT2D eigenvalue weighted by Crippen LogP contribution is -2.30. The summed E-state index contributed by atoms with van der Waals surface area (Å²) in [6, 6.07) is 0. The molecule has 1 aromatic heterocycles. The molecule has 0 atom stereocenters. The molecule has 15 heavy (non-hydrogen) atoms. The van der Waals surface area contributed by atoms with Crippen LogP contribution in [-0.4, -0.2) is 29.9 Å². The first-order valence-electron chi connectivity index (χ1n) is 4.41. The van der Waals surface area contributed by atoms with Crippen molar-refractivity contribution in [1.29, 1.82) is 0 Å². The number of halogens is 1. The van der Waals surface area contributed by atoms with Crippen molar-refractivity contribution in [3.63, 3.8) is 0 Å². The van der Waals surface area contributed by atoms with Gasteiger partial charge in [0.25, 0.3) is 0 Å². The predicted octanol–water partition coefficient (Wildman–Crippen LogP) is 1.75. The average molecular weight is 340 g/mol. The van der Waals surface area contributed by atoms with Gasteiger partial charge >= 0.3 is 0 Å². The van der Waals surface area contributed by atoms with E-state index in [1.165, 1.54) is 4.88 Å². The standard InChI is InChI=1S/C9H16N4S.HI/c1-6-7(2)14-8(12-6)5-11-9(10)13(3)4;/h5H2,1-4H3,(H2,10,11);1H. The molecule has 0 saturated heterocycles. The van der Waals surface area contributed by atoms with E-state index in [2.05, 4.69) is 16.9 Å². The average Bonchev–Trinajstić information content (AvgIpc) is 2.42. The van der Waals surface area contributed by atoms with Crippen molar-refractivity contribution in [3.8, 4) is 0 Å².